The van der Waals surface area contributed by atoms with Gasteiger partial charge in [-0.15, -0.1) is 0 Å². The van der Waals surface area contributed by atoms with Crippen LogP contribution in [0.4, 0.5) is 0 Å². The third kappa shape index (κ3) is 2.88. The van der Waals surface area contributed by atoms with Crippen LogP contribution in [0.3, 0.4) is 0 Å². The summed E-state index contributed by atoms with van der Waals surface area (Å²) in [5.41, 5.74) is 1.98. The Labute approximate surface area is 135 Å². The van der Waals surface area contributed by atoms with E-state index < -0.39 is 13.6 Å². The number of hydrogen-bond donors (Lipinski definition) is 0. The molecule has 0 bridgehead atoms. The highest BCUT2D eigenvalue weighted by Crippen LogP contribution is 2.50. The highest BCUT2D eigenvalue weighted by molar-refractivity contribution is 7.56. The molecule has 0 N–H and O–H groups in total. The van der Waals surface area contributed by atoms with Gasteiger partial charge in [0.25, 0.3) is 7.52 Å². The molecule has 120 valence electrons. The van der Waals surface area contributed by atoms with Gasteiger partial charge in [0.1, 0.15) is 6.10 Å². The molecular formula is C17H19N2O3P. The molecule has 0 saturated carbocycles. The lowest BCUT2D eigenvalue weighted by atomic mass is 9.97. The van der Waals surface area contributed by atoms with Crippen molar-refractivity contribution in [2.45, 2.75) is 13.0 Å². The minimum Gasteiger partial charge on any atom is -0.301 e. The van der Waals surface area contributed by atoms with E-state index in [9.17, 15) is 9.36 Å². The summed E-state index contributed by atoms with van der Waals surface area (Å²) in [5, 5.41) is 0.903. The van der Waals surface area contributed by atoms with Gasteiger partial charge in [-0.1, -0.05) is 25.1 Å². The number of nitrogens with zero attached hydrogens (tertiary/aromatic N) is 2. The minimum absolute atomic E-state index is 0.198. The van der Waals surface area contributed by atoms with Crippen LogP contribution in [0.2, 0.25) is 0 Å². The minimum atomic E-state index is -3.00. The maximum atomic E-state index is 12.7. The van der Waals surface area contributed by atoms with Crippen LogP contribution >= 0.6 is 7.52 Å². The molecule has 0 aliphatic heterocycles. The number of pyridine rings is 1. The van der Waals surface area contributed by atoms with Crippen LogP contribution < -0.4 is 0 Å². The number of carbonyl (C=O) groups is 1. The zero-order valence-electron chi connectivity index (χ0n) is 13.4. The Morgan fingerprint density at radius 1 is 1.30 bits per heavy atom. The van der Waals surface area contributed by atoms with Crippen LogP contribution in [0, 0.1) is 0 Å². The van der Waals surface area contributed by atoms with Crippen LogP contribution in [0.1, 0.15) is 23.0 Å². The Kier molecular flexibility index (Phi) is 4.19. The average Bonchev–Trinajstić information content (AvgIpc) is 2.56. The Morgan fingerprint density at radius 2 is 2.04 bits per heavy atom. The second kappa shape index (κ2) is 6.00. The van der Waals surface area contributed by atoms with E-state index in [1.807, 2.05) is 30.3 Å². The molecule has 0 radical (unpaired) electrons. The van der Waals surface area contributed by atoms with Gasteiger partial charge in [-0.05, 0) is 38.4 Å². The molecule has 1 heterocycles. The number of para-hydroxylation sites is 1. The maximum absolute atomic E-state index is 12.7. The molecule has 1 aromatic carbocycles. The first-order valence-electron chi connectivity index (χ1n) is 7.52. The molecule has 0 fully saturated rings. The van der Waals surface area contributed by atoms with Crippen molar-refractivity contribution in [1.29, 1.82) is 0 Å². The predicted molar refractivity (Wildman–Crippen MR) is 91.8 cm³/mol. The summed E-state index contributed by atoms with van der Waals surface area (Å²) < 4.78 is 20.0. The van der Waals surface area contributed by atoms with Crippen molar-refractivity contribution >= 4 is 30.3 Å². The second-order valence-electron chi connectivity index (χ2n) is 5.66. The van der Waals surface area contributed by atoms with Crippen molar-refractivity contribution in [3.05, 3.63) is 47.7 Å². The zero-order valence-corrected chi connectivity index (χ0v) is 14.3. The Morgan fingerprint density at radius 3 is 2.74 bits per heavy atom. The van der Waals surface area contributed by atoms with E-state index in [-0.39, 0.29) is 5.78 Å². The molecule has 0 saturated heterocycles. The first kappa shape index (κ1) is 16.1. The Hall–Kier alpha value is -1.81. The molecule has 1 aliphatic carbocycles. The number of carbonyl (C=O) groups excluding carboxylic acids is 1. The molecule has 0 spiro atoms. The number of fused-ring (bicyclic) bond motifs is 2. The van der Waals surface area contributed by atoms with E-state index in [0.29, 0.717) is 17.4 Å². The summed E-state index contributed by atoms with van der Waals surface area (Å²) in [4.78, 5) is 17.2. The van der Waals surface area contributed by atoms with Gasteiger partial charge in [-0.2, -0.15) is 0 Å². The summed E-state index contributed by atoms with van der Waals surface area (Å²) in [6.45, 7) is 1.79. The van der Waals surface area contributed by atoms with Gasteiger partial charge in [-0.25, -0.2) is 9.65 Å². The number of rotatable bonds is 4. The van der Waals surface area contributed by atoms with Gasteiger partial charge >= 0.3 is 0 Å². The maximum Gasteiger partial charge on any atom is 0.272 e. The van der Waals surface area contributed by atoms with Crippen molar-refractivity contribution < 1.29 is 13.9 Å². The van der Waals surface area contributed by atoms with Gasteiger partial charge in [-0.3, -0.25) is 9.36 Å². The van der Waals surface area contributed by atoms with Crippen molar-refractivity contribution in [2.75, 3.05) is 20.3 Å². The molecule has 2 unspecified atom stereocenters. The second-order valence-corrected chi connectivity index (χ2v) is 8.58. The highest BCUT2D eigenvalue weighted by Gasteiger charge is 2.33. The SMILES string of the molecule is CCP(=O)(OC1C=Cc2nc3ccccc3cc2C1=O)N(C)C. The quantitative estimate of drug-likeness (QED) is 0.802. The fraction of sp³-hybridized carbons (Fsp3) is 0.294. The zero-order chi connectivity index (χ0) is 16.6. The molecular weight excluding hydrogens is 311 g/mol. The first-order valence-corrected chi connectivity index (χ1v) is 9.28. The highest BCUT2D eigenvalue weighted by atomic mass is 31.2. The van der Waals surface area contributed by atoms with E-state index in [1.165, 1.54) is 0 Å². The molecule has 23 heavy (non-hydrogen) atoms. The number of ketones is 1. The van der Waals surface area contributed by atoms with Crippen molar-refractivity contribution in [2.24, 2.45) is 0 Å². The molecule has 6 heteroatoms. The van der Waals surface area contributed by atoms with Crippen LogP contribution in [0.25, 0.3) is 17.0 Å². The predicted octanol–water partition coefficient (Wildman–Crippen LogP) is 3.60. The van der Waals surface area contributed by atoms with Crippen molar-refractivity contribution in [1.82, 2.24) is 9.65 Å². The number of hydrogen-bond acceptors (Lipinski definition) is 4. The summed E-state index contributed by atoms with van der Waals surface area (Å²) in [6.07, 6.45) is 2.92. The Bertz CT molecular complexity index is 845. The normalized spacial score (nSPS) is 19.8. The molecule has 2 aromatic rings. The monoisotopic (exact) mass is 330 g/mol. The number of Topliss-reactive ketones (excluding diaryl/α,β-unsaturated/α-hetero) is 1. The summed E-state index contributed by atoms with van der Waals surface area (Å²) in [5.74, 6) is -0.198. The van der Waals surface area contributed by atoms with E-state index in [2.05, 4.69) is 4.98 Å². The van der Waals surface area contributed by atoms with Crippen molar-refractivity contribution in [3.63, 3.8) is 0 Å². The number of benzene rings is 1. The largest absolute Gasteiger partial charge is 0.301 e. The van der Waals surface area contributed by atoms with E-state index >= 15 is 0 Å². The molecule has 3 rings (SSSR count). The topological polar surface area (TPSA) is 59.5 Å². The molecule has 5 nitrogen and oxygen atoms in total. The third-order valence-corrected chi connectivity index (χ3v) is 6.57. The first-order chi connectivity index (χ1) is 10.9. The molecule has 1 aliphatic rings. The van der Waals surface area contributed by atoms with E-state index in [1.54, 1.807) is 37.8 Å². The summed E-state index contributed by atoms with van der Waals surface area (Å²) in [7, 11) is 0.400. The van der Waals surface area contributed by atoms with Gasteiger partial charge in [0, 0.05) is 17.1 Å². The average molecular weight is 330 g/mol. The van der Waals surface area contributed by atoms with Crippen LogP contribution in [0.15, 0.2) is 36.4 Å². The van der Waals surface area contributed by atoms with E-state index in [4.69, 9.17) is 4.52 Å². The molecule has 2 atom stereocenters. The standard InChI is InChI=1S/C17H19N2O3P/c1-4-23(21,19(2)3)22-16-10-9-15-13(17(16)20)11-12-7-5-6-8-14(12)18-15/h5-11,16H,4H2,1-3H3. The van der Waals surface area contributed by atoms with Gasteiger partial charge in [0.2, 0.25) is 0 Å². The number of aromatic nitrogens is 1. The summed E-state index contributed by atoms with van der Waals surface area (Å²) >= 11 is 0. The van der Waals surface area contributed by atoms with Crippen molar-refractivity contribution in [3.8, 4) is 0 Å². The lowest BCUT2D eigenvalue weighted by Crippen LogP contribution is -2.28. The van der Waals surface area contributed by atoms with Gasteiger partial charge < -0.3 is 4.52 Å². The summed E-state index contributed by atoms with van der Waals surface area (Å²) in [6, 6.07) is 9.47. The molecule has 1 aromatic heterocycles. The molecule has 0 amide bonds. The van der Waals surface area contributed by atoms with Crippen LogP contribution in [-0.4, -0.2) is 41.8 Å². The third-order valence-electron chi connectivity index (χ3n) is 3.99. The lowest BCUT2D eigenvalue weighted by molar-refractivity contribution is 0.0841. The lowest BCUT2D eigenvalue weighted by Gasteiger charge is -2.28. The van der Waals surface area contributed by atoms with Crippen LogP contribution in [0.5, 0.6) is 0 Å². The smallest absolute Gasteiger partial charge is 0.272 e. The van der Waals surface area contributed by atoms with E-state index in [0.717, 1.165) is 10.9 Å². The fourth-order valence-electron chi connectivity index (χ4n) is 2.59. The van der Waals surface area contributed by atoms with Crippen LogP contribution in [-0.2, 0) is 9.09 Å². The van der Waals surface area contributed by atoms with Gasteiger partial charge in [0.05, 0.1) is 11.2 Å². The Balaban J connectivity index is 1.98. The fourth-order valence-corrected chi connectivity index (χ4v) is 4.01. The van der Waals surface area contributed by atoms with Gasteiger partial charge in [0.15, 0.2) is 5.78 Å².